The van der Waals surface area contributed by atoms with Crippen molar-refractivity contribution in [3.63, 3.8) is 0 Å². The number of nitrogens with one attached hydrogen (secondary N) is 2. The minimum absolute atomic E-state index is 0.00395. The molecule has 7 heteroatoms. The maximum Gasteiger partial charge on any atom is 0.289 e. The normalized spacial score (nSPS) is 32.5. The van der Waals surface area contributed by atoms with Crippen molar-refractivity contribution in [3.8, 4) is 0 Å². The number of nitrogens with zero attached hydrogens (tertiary/aromatic N) is 1. The van der Waals surface area contributed by atoms with Crippen LogP contribution in [-0.4, -0.2) is 16.8 Å². The lowest BCUT2D eigenvalue weighted by Gasteiger charge is -2.56. The summed E-state index contributed by atoms with van der Waals surface area (Å²) < 4.78 is 0. The zero-order chi connectivity index (χ0) is 17.6. The van der Waals surface area contributed by atoms with Gasteiger partial charge in [0.15, 0.2) is 0 Å². The molecule has 4 saturated carbocycles. The van der Waals surface area contributed by atoms with Crippen LogP contribution in [0, 0.1) is 23.2 Å². The van der Waals surface area contributed by atoms with Gasteiger partial charge < -0.3 is 0 Å². The van der Waals surface area contributed by atoms with E-state index >= 15 is 0 Å². The van der Waals surface area contributed by atoms with E-state index in [0.29, 0.717) is 6.42 Å². The largest absolute Gasteiger partial charge is 0.289 e. The monoisotopic (exact) mass is 381 g/mol. The third kappa shape index (κ3) is 3.49. The topological polar surface area (TPSA) is 71.1 Å². The maximum absolute atomic E-state index is 12.4. The number of pyridine rings is 1. The summed E-state index contributed by atoms with van der Waals surface area (Å²) in [6.07, 6.45) is 7.98. The molecule has 1 aromatic heterocycles. The van der Waals surface area contributed by atoms with E-state index in [-0.39, 0.29) is 27.2 Å². The van der Waals surface area contributed by atoms with Crippen LogP contribution >= 0.6 is 23.2 Å². The summed E-state index contributed by atoms with van der Waals surface area (Å²) >= 11 is 11.7. The third-order valence-electron chi connectivity index (χ3n) is 6.04. The zero-order valence-corrected chi connectivity index (χ0v) is 15.4. The minimum Gasteiger partial charge on any atom is -0.273 e. The van der Waals surface area contributed by atoms with Crippen LogP contribution in [-0.2, 0) is 4.79 Å². The van der Waals surface area contributed by atoms with Gasteiger partial charge in [0.25, 0.3) is 5.91 Å². The summed E-state index contributed by atoms with van der Waals surface area (Å²) in [6.45, 7) is 0. The summed E-state index contributed by atoms with van der Waals surface area (Å²) in [5.74, 6) is 1.68. The van der Waals surface area contributed by atoms with Gasteiger partial charge in [-0.15, -0.1) is 0 Å². The first-order chi connectivity index (χ1) is 11.9. The van der Waals surface area contributed by atoms with Gasteiger partial charge in [-0.1, -0.05) is 23.2 Å². The van der Waals surface area contributed by atoms with E-state index in [0.717, 1.165) is 37.0 Å². The highest BCUT2D eigenvalue weighted by Gasteiger charge is 2.51. The number of carbonyl (C=O) groups is 2. The highest BCUT2D eigenvalue weighted by Crippen LogP contribution is 2.61. The van der Waals surface area contributed by atoms with Crippen LogP contribution in [0.4, 0.5) is 0 Å². The Balaban J connectivity index is 1.35. The molecule has 1 aromatic rings. The van der Waals surface area contributed by atoms with Crippen molar-refractivity contribution < 1.29 is 9.59 Å². The Morgan fingerprint density at radius 2 is 1.64 bits per heavy atom. The second-order valence-corrected chi connectivity index (χ2v) is 8.86. The lowest BCUT2D eigenvalue weighted by atomic mass is 9.49. The average Bonchev–Trinajstić information content (AvgIpc) is 2.53. The molecule has 25 heavy (non-hydrogen) atoms. The molecule has 1 heterocycles. The molecule has 0 aliphatic heterocycles. The van der Waals surface area contributed by atoms with Crippen LogP contribution in [0.3, 0.4) is 0 Å². The number of amides is 2. The Labute approximate surface area is 156 Å². The molecule has 4 bridgehead atoms. The van der Waals surface area contributed by atoms with E-state index in [1.807, 2.05) is 0 Å². The fraction of sp³-hybridized carbons (Fsp3) is 0.611. The fourth-order valence-electron chi connectivity index (χ4n) is 5.65. The van der Waals surface area contributed by atoms with Crippen LogP contribution < -0.4 is 10.9 Å². The molecule has 0 unspecified atom stereocenters. The molecule has 4 aliphatic carbocycles. The molecule has 0 spiro atoms. The van der Waals surface area contributed by atoms with E-state index in [1.54, 1.807) is 0 Å². The number of rotatable bonds is 3. The second-order valence-electron chi connectivity index (χ2n) is 8.06. The SMILES string of the molecule is O=C(CC12CC3CC(CC(C3)C1)C2)NNC(=O)c1nc(Cl)ccc1Cl. The molecule has 5 nitrogen and oxygen atoms in total. The molecule has 134 valence electrons. The van der Waals surface area contributed by atoms with Gasteiger partial charge in [0.2, 0.25) is 5.91 Å². The molecule has 0 radical (unpaired) electrons. The molecule has 4 fully saturated rings. The van der Waals surface area contributed by atoms with Gasteiger partial charge in [-0.2, -0.15) is 0 Å². The van der Waals surface area contributed by atoms with Crippen LogP contribution in [0.1, 0.15) is 55.4 Å². The van der Waals surface area contributed by atoms with Gasteiger partial charge in [0.1, 0.15) is 10.8 Å². The molecule has 0 aromatic carbocycles. The summed E-state index contributed by atoms with van der Waals surface area (Å²) in [5.41, 5.74) is 5.07. The van der Waals surface area contributed by atoms with Crippen molar-refractivity contribution in [1.29, 1.82) is 0 Å². The van der Waals surface area contributed by atoms with Crippen LogP contribution in [0.2, 0.25) is 10.2 Å². The Morgan fingerprint density at radius 1 is 1.04 bits per heavy atom. The van der Waals surface area contributed by atoms with Crippen molar-refractivity contribution >= 4 is 35.0 Å². The summed E-state index contributed by atoms with van der Waals surface area (Å²) in [7, 11) is 0. The van der Waals surface area contributed by atoms with Crippen LogP contribution in [0.5, 0.6) is 0 Å². The third-order valence-corrected chi connectivity index (χ3v) is 6.56. The van der Waals surface area contributed by atoms with Crippen molar-refractivity contribution in [3.05, 3.63) is 28.0 Å². The van der Waals surface area contributed by atoms with E-state index in [1.165, 1.54) is 31.4 Å². The first kappa shape index (κ1) is 17.1. The van der Waals surface area contributed by atoms with E-state index in [9.17, 15) is 9.59 Å². The van der Waals surface area contributed by atoms with Crippen molar-refractivity contribution in [1.82, 2.24) is 15.8 Å². The van der Waals surface area contributed by atoms with Crippen molar-refractivity contribution in [2.45, 2.75) is 44.9 Å². The Hall–Kier alpha value is -1.33. The molecular weight excluding hydrogens is 361 g/mol. The van der Waals surface area contributed by atoms with Gasteiger partial charge in [-0.3, -0.25) is 20.4 Å². The number of hydrogen-bond donors (Lipinski definition) is 2. The number of hydrazine groups is 1. The zero-order valence-electron chi connectivity index (χ0n) is 13.9. The quantitative estimate of drug-likeness (QED) is 0.618. The Bertz CT molecular complexity index is 687. The molecule has 0 saturated heterocycles. The number of hydrogen-bond acceptors (Lipinski definition) is 3. The number of carbonyl (C=O) groups excluding carboxylic acids is 2. The maximum atomic E-state index is 12.4. The van der Waals surface area contributed by atoms with Crippen LogP contribution in [0.25, 0.3) is 0 Å². The summed E-state index contributed by atoms with van der Waals surface area (Å²) in [6, 6.07) is 3.01. The lowest BCUT2D eigenvalue weighted by molar-refractivity contribution is -0.130. The molecule has 2 amide bonds. The van der Waals surface area contributed by atoms with Crippen molar-refractivity contribution in [2.24, 2.45) is 23.2 Å². The standard InChI is InChI=1S/C18H21Cl2N3O2/c19-13-1-2-14(20)21-16(13)17(25)23-22-15(24)9-18-6-10-3-11(7-18)5-12(4-10)8-18/h1-2,10-12H,3-9H2,(H,22,24)(H,23,25). The van der Waals surface area contributed by atoms with Gasteiger partial charge in [-0.25, -0.2) is 4.98 Å². The fourth-order valence-corrected chi connectivity index (χ4v) is 5.99. The Kier molecular flexibility index (Phi) is 4.40. The van der Waals surface area contributed by atoms with Gasteiger partial charge in [0, 0.05) is 6.42 Å². The predicted octanol–water partition coefficient (Wildman–Crippen LogP) is 3.76. The van der Waals surface area contributed by atoms with E-state index < -0.39 is 5.91 Å². The molecule has 2 N–H and O–H groups in total. The molecule has 4 aliphatic rings. The first-order valence-electron chi connectivity index (χ1n) is 8.84. The van der Waals surface area contributed by atoms with Gasteiger partial charge in [0.05, 0.1) is 5.02 Å². The summed E-state index contributed by atoms with van der Waals surface area (Å²) in [5, 5.41) is 0.367. The first-order valence-corrected chi connectivity index (χ1v) is 9.59. The smallest absolute Gasteiger partial charge is 0.273 e. The molecule has 5 rings (SSSR count). The Morgan fingerprint density at radius 3 is 2.24 bits per heavy atom. The lowest BCUT2D eigenvalue weighted by Crippen LogP contribution is -2.50. The van der Waals surface area contributed by atoms with Crippen molar-refractivity contribution in [2.75, 3.05) is 0 Å². The van der Waals surface area contributed by atoms with E-state index in [2.05, 4.69) is 15.8 Å². The van der Waals surface area contributed by atoms with Gasteiger partial charge in [-0.05, 0) is 73.8 Å². The number of aromatic nitrogens is 1. The highest BCUT2D eigenvalue weighted by atomic mass is 35.5. The van der Waals surface area contributed by atoms with Crippen LogP contribution in [0.15, 0.2) is 12.1 Å². The summed E-state index contributed by atoms with van der Waals surface area (Å²) in [4.78, 5) is 28.5. The number of halogens is 2. The minimum atomic E-state index is -0.564. The molecular formula is C18H21Cl2N3O2. The average molecular weight is 382 g/mol. The molecule has 0 atom stereocenters. The van der Waals surface area contributed by atoms with E-state index in [4.69, 9.17) is 23.2 Å². The predicted molar refractivity (Wildman–Crippen MR) is 95.1 cm³/mol. The highest BCUT2D eigenvalue weighted by molar-refractivity contribution is 6.34. The second kappa shape index (κ2) is 6.44. The van der Waals surface area contributed by atoms with Gasteiger partial charge >= 0.3 is 0 Å².